The van der Waals surface area contributed by atoms with Crippen molar-refractivity contribution in [1.29, 1.82) is 0 Å². The van der Waals surface area contributed by atoms with Gasteiger partial charge in [0.25, 0.3) is 5.91 Å². The molecular formula is C7H8N4O3. The normalized spacial score (nSPS) is 10.4. The molecule has 1 rings (SSSR count). The zero-order valence-electron chi connectivity index (χ0n) is 7.34. The van der Waals surface area contributed by atoms with E-state index in [9.17, 15) is 9.59 Å². The zero-order chi connectivity index (χ0) is 10.6. The molecule has 0 saturated carbocycles. The minimum absolute atomic E-state index is 0.255. The molecule has 0 aliphatic heterocycles. The largest absolute Gasteiger partial charge is 0.478 e. The molecule has 0 saturated heterocycles. The summed E-state index contributed by atoms with van der Waals surface area (Å²) in [6.07, 6.45) is 3.05. The van der Waals surface area contributed by atoms with Crippen LogP contribution in [0.2, 0.25) is 0 Å². The molecule has 1 aromatic rings. The molecule has 2 N–H and O–H groups in total. The van der Waals surface area contributed by atoms with Gasteiger partial charge in [0, 0.05) is 19.2 Å². The number of carbonyl (C=O) groups is 2. The Bertz CT molecular complexity index is 382. The van der Waals surface area contributed by atoms with Crippen LogP contribution in [0.4, 0.5) is 5.95 Å². The minimum atomic E-state index is -1.18. The van der Waals surface area contributed by atoms with Crippen molar-refractivity contribution >= 4 is 17.8 Å². The molecule has 0 unspecified atom stereocenters. The van der Waals surface area contributed by atoms with Gasteiger partial charge in [0.15, 0.2) is 0 Å². The van der Waals surface area contributed by atoms with Crippen molar-refractivity contribution in [2.75, 3.05) is 5.32 Å². The van der Waals surface area contributed by atoms with E-state index >= 15 is 0 Å². The summed E-state index contributed by atoms with van der Waals surface area (Å²) in [5, 5.41) is 17.7. The van der Waals surface area contributed by atoms with E-state index in [0.29, 0.717) is 0 Å². The van der Waals surface area contributed by atoms with Crippen molar-refractivity contribution in [2.24, 2.45) is 7.05 Å². The zero-order valence-corrected chi connectivity index (χ0v) is 7.34. The van der Waals surface area contributed by atoms with E-state index < -0.39 is 11.9 Å². The third kappa shape index (κ3) is 2.70. The molecule has 74 valence electrons. The summed E-state index contributed by atoms with van der Waals surface area (Å²) < 4.78 is 1.49. The fourth-order valence-corrected chi connectivity index (χ4v) is 0.695. The lowest BCUT2D eigenvalue weighted by Gasteiger charge is -1.98. The maximum Gasteiger partial charge on any atom is 0.328 e. The lowest BCUT2D eigenvalue weighted by molar-refractivity contribution is -0.131. The van der Waals surface area contributed by atoms with Gasteiger partial charge in [0.05, 0.1) is 0 Å². The predicted molar refractivity (Wildman–Crippen MR) is 46.4 cm³/mol. The van der Waals surface area contributed by atoms with E-state index in [-0.39, 0.29) is 5.95 Å². The molecule has 1 amide bonds. The summed E-state index contributed by atoms with van der Waals surface area (Å²) >= 11 is 0. The smallest absolute Gasteiger partial charge is 0.328 e. The maximum absolute atomic E-state index is 11.0. The third-order valence-electron chi connectivity index (χ3n) is 1.32. The lowest BCUT2D eigenvalue weighted by atomic mass is 10.5. The molecular weight excluding hydrogens is 188 g/mol. The Hall–Kier alpha value is -2.18. The second-order valence-electron chi connectivity index (χ2n) is 2.43. The van der Waals surface area contributed by atoms with Gasteiger partial charge in [-0.25, -0.2) is 4.79 Å². The third-order valence-corrected chi connectivity index (χ3v) is 1.32. The van der Waals surface area contributed by atoms with Gasteiger partial charge in [-0.2, -0.15) is 0 Å². The summed E-state index contributed by atoms with van der Waals surface area (Å²) in [5.74, 6) is -1.49. The molecule has 1 heterocycles. The fraction of sp³-hybridized carbons (Fsp3) is 0.143. The molecule has 14 heavy (non-hydrogen) atoms. The summed E-state index contributed by atoms with van der Waals surface area (Å²) in [6, 6.07) is 0. The van der Waals surface area contributed by atoms with Crippen molar-refractivity contribution in [3.63, 3.8) is 0 Å². The second kappa shape index (κ2) is 4.17. The monoisotopic (exact) mass is 196 g/mol. The second-order valence-corrected chi connectivity index (χ2v) is 2.43. The number of amides is 1. The number of carbonyl (C=O) groups excluding carboxylic acids is 1. The number of aryl methyl sites for hydroxylation is 1. The Morgan fingerprint density at radius 3 is 2.79 bits per heavy atom. The molecule has 0 spiro atoms. The number of hydrogen-bond acceptors (Lipinski definition) is 4. The van der Waals surface area contributed by atoms with E-state index in [1.165, 1.54) is 10.9 Å². The Kier molecular flexibility index (Phi) is 2.95. The molecule has 7 heteroatoms. The van der Waals surface area contributed by atoms with Gasteiger partial charge in [-0.1, -0.05) is 0 Å². The van der Waals surface area contributed by atoms with E-state index in [1.807, 2.05) is 0 Å². The molecule has 7 nitrogen and oxygen atoms in total. The maximum atomic E-state index is 11.0. The first-order chi connectivity index (χ1) is 6.59. The van der Waals surface area contributed by atoms with Crippen LogP contribution in [0.25, 0.3) is 0 Å². The van der Waals surface area contributed by atoms with Crippen LogP contribution in [-0.2, 0) is 16.6 Å². The number of nitrogens with zero attached hydrogens (tertiary/aromatic N) is 3. The molecule has 0 radical (unpaired) electrons. The minimum Gasteiger partial charge on any atom is -0.478 e. The van der Waals surface area contributed by atoms with E-state index in [4.69, 9.17) is 5.11 Å². The Morgan fingerprint density at radius 2 is 2.29 bits per heavy atom. The summed E-state index contributed by atoms with van der Waals surface area (Å²) in [4.78, 5) is 21.1. The van der Waals surface area contributed by atoms with Gasteiger partial charge in [0.1, 0.15) is 6.33 Å². The molecule has 0 aliphatic rings. The van der Waals surface area contributed by atoms with Crippen molar-refractivity contribution in [1.82, 2.24) is 14.8 Å². The first-order valence-electron chi connectivity index (χ1n) is 3.65. The van der Waals surface area contributed by atoms with Crippen LogP contribution in [0.1, 0.15) is 0 Å². The fourth-order valence-electron chi connectivity index (χ4n) is 0.695. The Morgan fingerprint density at radius 1 is 1.57 bits per heavy atom. The predicted octanol–water partition coefficient (Wildman–Crippen LogP) is -0.606. The molecule has 0 fully saturated rings. The highest BCUT2D eigenvalue weighted by Crippen LogP contribution is 1.97. The van der Waals surface area contributed by atoms with Crippen LogP contribution < -0.4 is 5.32 Å². The van der Waals surface area contributed by atoms with E-state index in [2.05, 4.69) is 15.5 Å². The van der Waals surface area contributed by atoms with Crippen LogP contribution >= 0.6 is 0 Å². The SMILES string of the molecule is Cn1cnnc1NC(=O)/C=C\C(=O)O. The van der Waals surface area contributed by atoms with E-state index in [0.717, 1.165) is 12.2 Å². The molecule has 1 aromatic heterocycles. The average molecular weight is 196 g/mol. The van der Waals surface area contributed by atoms with Gasteiger partial charge < -0.3 is 9.67 Å². The van der Waals surface area contributed by atoms with Gasteiger partial charge in [-0.15, -0.1) is 10.2 Å². The number of hydrogen-bond donors (Lipinski definition) is 2. The van der Waals surface area contributed by atoms with Gasteiger partial charge in [-0.05, 0) is 0 Å². The first kappa shape index (κ1) is 9.90. The topological polar surface area (TPSA) is 97.1 Å². The Balaban J connectivity index is 2.58. The highest BCUT2D eigenvalue weighted by molar-refractivity contribution is 6.01. The van der Waals surface area contributed by atoms with Crippen LogP contribution in [0.15, 0.2) is 18.5 Å². The lowest BCUT2D eigenvalue weighted by Crippen LogP contribution is -2.12. The highest BCUT2D eigenvalue weighted by Gasteiger charge is 2.03. The number of nitrogens with one attached hydrogen (secondary N) is 1. The van der Waals surface area contributed by atoms with Crippen molar-refractivity contribution in [2.45, 2.75) is 0 Å². The molecule has 0 aromatic carbocycles. The molecule has 0 aliphatic carbocycles. The molecule has 0 bridgehead atoms. The number of carboxylic acids is 1. The summed E-state index contributed by atoms with van der Waals surface area (Å²) in [6.45, 7) is 0. The number of rotatable bonds is 3. The van der Waals surface area contributed by atoms with Crippen molar-refractivity contribution < 1.29 is 14.7 Å². The average Bonchev–Trinajstić information content (AvgIpc) is 2.49. The number of carboxylic acid groups (broad SMARTS) is 1. The van der Waals surface area contributed by atoms with Gasteiger partial charge in [-0.3, -0.25) is 10.1 Å². The number of aromatic nitrogens is 3. The van der Waals surface area contributed by atoms with Crippen LogP contribution in [0.5, 0.6) is 0 Å². The first-order valence-corrected chi connectivity index (χ1v) is 3.65. The summed E-state index contributed by atoms with van der Waals surface area (Å²) in [5.41, 5.74) is 0. The van der Waals surface area contributed by atoms with Gasteiger partial charge in [0.2, 0.25) is 5.95 Å². The van der Waals surface area contributed by atoms with Crippen molar-refractivity contribution in [3.8, 4) is 0 Å². The van der Waals surface area contributed by atoms with Crippen LogP contribution in [-0.4, -0.2) is 31.7 Å². The quantitative estimate of drug-likeness (QED) is 0.629. The van der Waals surface area contributed by atoms with Crippen molar-refractivity contribution in [3.05, 3.63) is 18.5 Å². The summed E-state index contributed by atoms with van der Waals surface area (Å²) in [7, 11) is 1.65. The number of aliphatic carboxylic acids is 1. The number of anilines is 1. The standard InChI is InChI=1S/C7H8N4O3/c1-11-4-8-10-7(11)9-5(12)2-3-6(13)14/h2-4H,1H3,(H,13,14)(H,9,10,12)/b3-2-. The van der Waals surface area contributed by atoms with Crippen LogP contribution in [0, 0.1) is 0 Å². The molecule has 0 atom stereocenters. The van der Waals surface area contributed by atoms with Crippen LogP contribution in [0.3, 0.4) is 0 Å². The van der Waals surface area contributed by atoms with E-state index in [1.54, 1.807) is 7.05 Å². The highest BCUT2D eigenvalue weighted by atomic mass is 16.4. The van der Waals surface area contributed by atoms with Gasteiger partial charge >= 0.3 is 5.97 Å². The Labute approximate surface area is 79.1 Å².